The van der Waals surface area contributed by atoms with Crippen LogP contribution in [0.4, 0.5) is 4.39 Å². The Morgan fingerprint density at radius 2 is 2.07 bits per heavy atom. The fraction of sp³-hybridized carbons (Fsp3) is 0.364. The van der Waals surface area contributed by atoms with Gasteiger partial charge in [0.2, 0.25) is 0 Å². The Morgan fingerprint density at radius 1 is 1.43 bits per heavy atom. The van der Waals surface area contributed by atoms with Crippen LogP contribution in [0, 0.1) is 19.7 Å². The van der Waals surface area contributed by atoms with Gasteiger partial charge in [0.1, 0.15) is 5.82 Å². The molecule has 0 atom stereocenters. The lowest BCUT2D eigenvalue weighted by Crippen LogP contribution is -2.01. The van der Waals surface area contributed by atoms with Crippen LogP contribution in [0.3, 0.4) is 0 Å². The van der Waals surface area contributed by atoms with Crippen LogP contribution in [0.2, 0.25) is 0 Å². The number of aryl methyl sites for hydroxylation is 3. The van der Waals surface area contributed by atoms with Crippen molar-refractivity contribution >= 4 is 5.97 Å². The quantitative estimate of drug-likeness (QED) is 0.806. The number of carbonyl (C=O) groups is 1. The lowest BCUT2D eigenvalue weighted by molar-refractivity contribution is -0.136. The molecule has 76 valence electrons. The average Bonchev–Trinajstić information content (AvgIpc) is 2.08. The molecule has 0 saturated heterocycles. The maximum Gasteiger partial charge on any atom is 0.303 e. The largest absolute Gasteiger partial charge is 0.481 e. The third-order valence-corrected chi connectivity index (χ3v) is 2.08. The van der Waals surface area contributed by atoms with Crippen LogP contribution in [0.5, 0.6) is 0 Å². The van der Waals surface area contributed by atoms with Gasteiger partial charge < -0.3 is 5.11 Å². The van der Waals surface area contributed by atoms with E-state index in [1.807, 2.05) is 6.92 Å². The summed E-state index contributed by atoms with van der Waals surface area (Å²) >= 11 is 0. The molecule has 0 bridgehead atoms. The van der Waals surface area contributed by atoms with Gasteiger partial charge in [-0.25, -0.2) is 4.39 Å². The molecular weight excluding hydrogens is 183 g/mol. The van der Waals surface area contributed by atoms with E-state index in [0.29, 0.717) is 11.1 Å². The molecule has 0 aromatic heterocycles. The second kappa shape index (κ2) is 4.22. The van der Waals surface area contributed by atoms with Crippen LogP contribution in [0.1, 0.15) is 23.1 Å². The van der Waals surface area contributed by atoms with Gasteiger partial charge in [-0.1, -0.05) is 17.7 Å². The molecule has 0 aliphatic carbocycles. The highest BCUT2D eigenvalue weighted by molar-refractivity contribution is 5.67. The number of hydrogen-bond donors (Lipinski definition) is 1. The molecule has 14 heavy (non-hydrogen) atoms. The maximum absolute atomic E-state index is 13.4. The summed E-state index contributed by atoms with van der Waals surface area (Å²) < 4.78 is 13.4. The molecule has 0 saturated carbocycles. The van der Waals surface area contributed by atoms with Crippen molar-refractivity contribution < 1.29 is 14.3 Å². The molecule has 0 aliphatic heterocycles. The second-order valence-corrected chi connectivity index (χ2v) is 3.45. The predicted octanol–water partition coefficient (Wildman–Crippen LogP) is 2.46. The molecule has 1 aromatic carbocycles. The van der Waals surface area contributed by atoms with Gasteiger partial charge in [0.25, 0.3) is 0 Å². The minimum Gasteiger partial charge on any atom is -0.481 e. The molecule has 1 rings (SSSR count). The summed E-state index contributed by atoms with van der Waals surface area (Å²) in [4.78, 5) is 10.3. The van der Waals surface area contributed by atoms with E-state index in [4.69, 9.17) is 5.11 Å². The Morgan fingerprint density at radius 3 is 2.64 bits per heavy atom. The number of carboxylic acid groups (broad SMARTS) is 1. The average molecular weight is 196 g/mol. The van der Waals surface area contributed by atoms with Gasteiger partial charge in [0.15, 0.2) is 0 Å². The molecule has 0 spiro atoms. The van der Waals surface area contributed by atoms with Crippen molar-refractivity contribution in [1.29, 1.82) is 0 Å². The predicted molar refractivity (Wildman–Crippen MR) is 51.8 cm³/mol. The van der Waals surface area contributed by atoms with Crippen molar-refractivity contribution in [2.45, 2.75) is 26.7 Å². The van der Waals surface area contributed by atoms with Gasteiger partial charge in [-0.15, -0.1) is 0 Å². The van der Waals surface area contributed by atoms with Crippen LogP contribution >= 0.6 is 0 Å². The molecular formula is C11H13FO2. The van der Waals surface area contributed by atoms with Crippen molar-refractivity contribution in [3.05, 3.63) is 34.6 Å². The van der Waals surface area contributed by atoms with E-state index in [2.05, 4.69) is 0 Å². The second-order valence-electron chi connectivity index (χ2n) is 3.45. The summed E-state index contributed by atoms with van der Waals surface area (Å²) in [6.45, 7) is 3.56. The monoisotopic (exact) mass is 196 g/mol. The van der Waals surface area contributed by atoms with Crippen molar-refractivity contribution in [2.24, 2.45) is 0 Å². The van der Waals surface area contributed by atoms with E-state index in [1.54, 1.807) is 19.1 Å². The molecule has 3 heteroatoms. The van der Waals surface area contributed by atoms with Gasteiger partial charge >= 0.3 is 5.97 Å². The fourth-order valence-electron chi connectivity index (χ4n) is 1.46. The van der Waals surface area contributed by atoms with E-state index in [0.717, 1.165) is 5.56 Å². The summed E-state index contributed by atoms with van der Waals surface area (Å²) in [5.41, 5.74) is 2.03. The Labute approximate surface area is 82.4 Å². The Balaban J connectivity index is 2.90. The van der Waals surface area contributed by atoms with E-state index in [9.17, 15) is 9.18 Å². The number of halogens is 1. The highest BCUT2D eigenvalue weighted by atomic mass is 19.1. The first-order valence-electron chi connectivity index (χ1n) is 4.48. The van der Waals surface area contributed by atoms with Crippen molar-refractivity contribution in [2.75, 3.05) is 0 Å². The van der Waals surface area contributed by atoms with E-state index in [-0.39, 0.29) is 18.7 Å². The summed E-state index contributed by atoms with van der Waals surface area (Å²) in [7, 11) is 0. The summed E-state index contributed by atoms with van der Waals surface area (Å²) in [5, 5.41) is 8.48. The minimum atomic E-state index is -0.899. The minimum absolute atomic E-state index is 0.0280. The zero-order chi connectivity index (χ0) is 10.7. The van der Waals surface area contributed by atoms with Crippen LogP contribution in [-0.4, -0.2) is 11.1 Å². The molecule has 0 aliphatic rings. The van der Waals surface area contributed by atoms with Crippen molar-refractivity contribution in [1.82, 2.24) is 0 Å². The highest BCUT2D eigenvalue weighted by Crippen LogP contribution is 2.16. The summed E-state index contributed by atoms with van der Waals surface area (Å²) in [6.07, 6.45) is 0.226. The fourth-order valence-corrected chi connectivity index (χ4v) is 1.46. The smallest absolute Gasteiger partial charge is 0.303 e. The third kappa shape index (κ3) is 2.55. The number of rotatable bonds is 3. The van der Waals surface area contributed by atoms with Gasteiger partial charge in [0, 0.05) is 6.42 Å². The number of hydrogen-bond acceptors (Lipinski definition) is 1. The van der Waals surface area contributed by atoms with Gasteiger partial charge in [0.05, 0.1) is 0 Å². The zero-order valence-corrected chi connectivity index (χ0v) is 8.30. The normalized spacial score (nSPS) is 10.2. The van der Waals surface area contributed by atoms with Crippen LogP contribution in [-0.2, 0) is 11.2 Å². The molecule has 1 aromatic rings. The number of carboxylic acids is 1. The first-order valence-corrected chi connectivity index (χ1v) is 4.48. The van der Waals surface area contributed by atoms with E-state index >= 15 is 0 Å². The maximum atomic E-state index is 13.4. The van der Waals surface area contributed by atoms with Gasteiger partial charge in [-0.2, -0.15) is 0 Å². The summed E-state index contributed by atoms with van der Waals surface area (Å²) in [5.74, 6) is -1.18. The standard InChI is InChI=1S/C11H13FO2/c1-7-5-8(2)11(12)9(6-7)3-4-10(13)14/h5-6H,3-4H2,1-2H3,(H,13,14). The van der Waals surface area contributed by atoms with Crippen molar-refractivity contribution in [3.63, 3.8) is 0 Å². The third-order valence-electron chi connectivity index (χ3n) is 2.08. The highest BCUT2D eigenvalue weighted by Gasteiger charge is 2.07. The summed E-state index contributed by atoms with van der Waals surface area (Å²) in [6, 6.07) is 3.45. The Kier molecular flexibility index (Phi) is 3.23. The van der Waals surface area contributed by atoms with Gasteiger partial charge in [-0.3, -0.25) is 4.79 Å². The molecule has 2 nitrogen and oxygen atoms in total. The molecule has 0 unspecified atom stereocenters. The number of benzene rings is 1. The lowest BCUT2D eigenvalue weighted by atomic mass is 10.0. The molecule has 1 N–H and O–H groups in total. The van der Waals surface area contributed by atoms with Crippen molar-refractivity contribution in [3.8, 4) is 0 Å². The SMILES string of the molecule is Cc1cc(C)c(F)c(CCC(=O)O)c1. The Hall–Kier alpha value is -1.38. The van der Waals surface area contributed by atoms with Gasteiger partial charge in [-0.05, 0) is 31.4 Å². The first kappa shape index (κ1) is 10.7. The van der Waals surface area contributed by atoms with Crippen LogP contribution in [0.25, 0.3) is 0 Å². The topological polar surface area (TPSA) is 37.3 Å². The van der Waals surface area contributed by atoms with E-state index in [1.165, 1.54) is 0 Å². The van der Waals surface area contributed by atoms with Crippen LogP contribution in [0.15, 0.2) is 12.1 Å². The molecule has 0 amide bonds. The molecule has 0 heterocycles. The van der Waals surface area contributed by atoms with Crippen LogP contribution < -0.4 is 0 Å². The zero-order valence-electron chi connectivity index (χ0n) is 8.30. The lowest BCUT2D eigenvalue weighted by Gasteiger charge is -2.05. The molecule has 0 radical (unpaired) electrons. The number of aliphatic carboxylic acids is 1. The van der Waals surface area contributed by atoms with E-state index < -0.39 is 5.97 Å². The molecule has 0 fully saturated rings. The Bertz CT molecular complexity index is 359. The first-order chi connectivity index (χ1) is 6.50.